The molecule has 104 valence electrons. The number of aromatic nitrogens is 1. The maximum atomic E-state index is 12.3. The Labute approximate surface area is 114 Å². The van der Waals surface area contributed by atoms with E-state index >= 15 is 0 Å². The number of pyridine rings is 1. The molecule has 3 N–H and O–H groups in total. The van der Waals surface area contributed by atoms with Gasteiger partial charge in [0.25, 0.3) is 0 Å². The summed E-state index contributed by atoms with van der Waals surface area (Å²) in [5.41, 5.74) is 6.64. The summed E-state index contributed by atoms with van der Waals surface area (Å²) in [6, 6.07) is 3.98. The van der Waals surface area contributed by atoms with E-state index in [2.05, 4.69) is 10.3 Å². The van der Waals surface area contributed by atoms with Crippen LogP contribution < -0.4 is 16.0 Å². The summed E-state index contributed by atoms with van der Waals surface area (Å²) in [5, 5.41) is 2.99. The zero-order chi connectivity index (χ0) is 13.8. The molecular weight excluding hydrogens is 240 g/mol. The van der Waals surface area contributed by atoms with Gasteiger partial charge in [-0.25, -0.2) is 4.98 Å². The Morgan fingerprint density at radius 2 is 2.05 bits per heavy atom. The van der Waals surface area contributed by atoms with E-state index in [1.165, 1.54) is 0 Å². The van der Waals surface area contributed by atoms with E-state index in [4.69, 9.17) is 5.73 Å². The number of carbonyl (C=O) groups is 1. The van der Waals surface area contributed by atoms with Crippen LogP contribution in [0.4, 0.5) is 11.5 Å². The molecule has 1 heterocycles. The molecule has 1 fully saturated rings. The van der Waals surface area contributed by atoms with Gasteiger partial charge in [-0.1, -0.05) is 0 Å². The van der Waals surface area contributed by atoms with Crippen LogP contribution in [-0.4, -0.2) is 31.0 Å². The van der Waals surface area contributed by atoms with Crippen molar-refractivity contribution in [2.45, 2.75) is 31.7 Å². The molecule has 0 saturated heterocycles. The zero-order valence-electron chi connectivity index (χ0n) is 11.6. The Morgan fingerprint density at radius 3 is 2.68 bits per heavy atom. The number of nitrogens with one attached hydrogen (secondary N) is 1. The van der Waals surface area contributed by atoms with E-state index < -0.39 is 0 Å². The second-order valence-corrected chi connectivity index (χ2v) is 5.37. The second kappa shape index (κ2) is 6.02. The van der Waals surface area contributed by atoms with Gasteiger partial charge in [-0.2, -0.15) is 0 Å². The van der Waals surface area contributed by atoms with Gasteiger partial charge < -0.3 is 16.0 Å². The second-order valence-electron chi connectivity index (χ2n) is 5.37. The van der Waals surface area contributed by atoms with Crippen molar-refractivity contribution in [1.82, 2.24) is 4.98 Å². The number of nitrogens with zero attached hydrogens (tertiary/aromatic N) is 2. The van der Waals surface area contributed by atoms with E-state index in [0.717, 1.165) is 37.2 Å². The van der Waals surface area contributed by atoms with Crippen LogP contribution in [0.5, 0.6) is 0 Å². The summed E-state index contributed by atoms with van der Waals surface area (Å²) in [4.78, 5) is 18.4. The largest absolute Gasteiger partial charge is 0.361 e. The first-order chi connectivity index (χ1) is 9.08. The van der Waals surface area contributed by atoms with Gasteiger partial charge in [0.15, 0.2) is 5.82 Å². The normalized spacial score (nSPS) is 22.9. The topological polar surface area (TPSA) is 71.2 Å². The van der Waals surface area contributed by atoms with Crippen LogP contribution in [0.2, 0.25) is 0 Å². The molecule has 1 aromatic heterocycles. The Kier molecular flexibility index (Phi) is 4.37. The fourth-order valence-electron chi connectivity index (χ4n) is 2.47. The summed E-state index contributed by atoms with van der Waals surface area (Å²) in [7, 11) is 3.83. The highest BCUT2D eigenvalue weighted by Gasteiger charge is 2.25. The van der Waals surface area contributed by atoms with Gasteiger partial charge >= 0.3 is 0 Å². The summed E-state index contributed by atoms with van der Waals surface area (Å²) >= 11 is 0. The third kappa shape index (κ3) is 3.44. The molecule has 1 saturated carbocycles. The Bertz CT molecular complexity index is 439. The fraction of sp³-hybridized carbons (Fsp3) is 0.571. The van der Waals surface area contributed by atoms with E-state index in [9.17, 15) is 4.79 Å². The number of amides is 1. The lowest BCUT2D eigenvalue weighted by Gasteiger charge is -2.25. The molecule has 5 heteroatoms. The van der Waals surface area contributed by atoms with Gasteiger partial charge in [-0.3, -0.25) is 4.79 Å². The zero-order valence-corrected chi connectivity index (χ0v) is 11.6. The molecule has 1 aromatic rings. The minimum Gasteiger partial charge on any atom is -0.361 e. The van der Waals surface area contributed by atoms with Crippen LogP contribution in [0.1, 0.15) is 25.7 Å². The molecule has 2 rings (SSSR count). The van der Waals surface area contributed by atoms with Crippen molar-refractivity contribution in [3.8, 4) is 0 Å². The van der Waals surface area contributed by atoms with Crippen LogP contribution in [0.15, 0.2) is 18.3 Å². The number of carbonyl (C=O) groups excluding carboxylic acids is 1. The molecule has 1 amide bonds. The van der Waals surface area contributed by atoms with Crippen LogP contribution in [0.25, 0.3) is 0 Å². The Balaban J connectivity index is 2.03. The number of hydrogen-bond donors (Lipinski definition) is 2. The van der Waals surface area contributed by atoms with Gasteiger partial charge in [0, 0.05) is 32.3 Å². The first-order valence-electron chi connectivity index (χ1n) is 6.76. The third-order valence-corrected chi connectivity index (χ3v) is 3.61. The average molecular weight is 262 g/mol. The smallest absolute Gasteiger partial charge is 0.227 e. The van der Waals surface area contributed by atoms with Crippen LogP contribution >= 0.6 is 0 Å². The highest BCUT2D eigenvalue weighted by atomic mass is 16.1. The van der Waals surface area contributed by atoms with E-state index in [0.29, 0.717) is 0 Å². The minimum absolute atomic E-state index is 0.0787. The lowest BCUT2D eigenvalue weighted by Crippen LogP contribution is -2.32. The molecule has 5 nitrogen and oxygen atoms in total. The Hall–Kier alpha value is -1.62. The fourth-order valence-corrected chi connectivity index (χ4v) is 2.47. The van der Waals surface area contributed by atoms with Gasteiger partial charge in [-0.05, 0) is 37.8 Å². The van der Waals surface area contributed by atoms with Crippen molar-refractivity contribution in [3.63, 3.8) is 0 Å². The van der Waals surface area contributed by atoms with Crippen molar-refractivity contribution >= 4 is 17.4 Å². The monoisotopic (exact) mass is 262 g/mol. The number of hydrogen-bond acceptors (Lipinski definition) is 4. The SMILES string of the molecule is CN(C)c1ncccc1NC(=O)C1CCC(N)CC1. The molecule has 0 aromatic carbocycles. The summed E-state index contributed by atoms with van der Waals surface area (Å²) in [6.07, 6.45) is 5.36. The van der Waals surface area contributed by atoms with Crippen LogP contribution in [0.3, 0.4) is 0 Å². The molecule has 0 atom stereocenters. The van der Waals surface area contributed by atoms with Crippen molar-refractivity contribution in [1.29, 1.82) is 0 Å². The molecule has 0 bridgehead atoms. The standard InChI is InChI=1S/C14H22N4O/c1-18(2)13-12(4-3-9-16-13)17-14(19)10-5-7-11(15)8-6-10/h3-4,9-11H,5-8,15H2,1-2H3,(H,17,19). The van der Waals surface area contributed by atoms with Gasteiger partial charge in [-0.15, -0.1) is 0 Å². The summed E-state index contributed by atoms with van der Waals surface area (Å²) in [5.74, 6) is 0.946. The molecule has 1 aliphatic rings. The van der Waals surface area contributed by atoms with E-state index in [-0.39, 0.29) is 17.9 Å². The van der Waals surface area contributed by atoms with Gasteiger partial charge in [0.2, 0.25) is 5.91 Å². The predicted molar refractivity (Wildman–Crippen MR) is 77.1 cm³/mol. The predicted octanol–water partition coefficient (Wildman–Crippen LogP) is 1.60. The average Bonchev–Trinajstić information content (AvgIpc) is 2.39. The van der Waals surface area contributed by atoms with Crippen molar-refractivity contribution in [2.24, 2.45) is 11.7 Å². The molecule has 1 aliphatic carbocycles. The highest BCUT2D eigenvalue weighted by Crippen LogP contribution is 2.26. The molecule has 0 unspecified atom stereocenters. The van der Waals surface area contributed by atoms with Crippen molar-refractivity contribution in [2.75, 3.05) is 24.3 Å². The Morgan fingerprint density at radius 1 is 1.37 bits per heavy atom. The molecule has 19 heavy (non-hydrogen) atoms. The maximum absolute atomic E-state index is 12.3. The summed E-state index contributed by atoms with van der Waals surface area (Å²) in [6.45, 7) is 0. The molecule has 0 spiro atoms. The van der Waals surface area contributed by atoms with E-state index in [1.54, 1.807) is 6.20 Å². The molecular formula is C14H22N4O. The highest BCUT2D eigenvalue weighted by molar-refractivity contribution is 5.95. The van der Waals surface area contributed by atoms with Crippen LogP contribution in [0, 0.1) is 5.92 Å². The van der Waals surface area contributed by atoms with Gasteiger partial charge in [0.1, 0.15) is 0 Å². The first kappa shape index (κ1) is 13.8. The molecule has 0 radical (unpaired) electrons. The number of rotatable bonds is 3. The quantitative estimate of drug-likeness (QED) is 0.868. The number of nitrogens with two attached hydrogens (primary N) is 1. The molecule has 0 aliphatic heterocycles. The minimum atomic E-state index is 0.0787. The third-order valence-electron chi connectivity index (χ3n) is 3.61. The number of anilines is 2. The lowest BCUT2D eigenvalue weighted by molar-refractivity contribution is -0.120. The lowest BCUT2D eigenvalue weighted by atomic mass is 9.86. The van der Waals surface area contributed by atoms with Gasteiger partial charge in [0.05, 0.1) is 5.69 Å². The van der Waals surface area contributed by atoms with Crippen molar-refractivity contribution < 1.29 is 4.79 Å². The maximum Gasteiger partial charge on any atom is 0.227 e. The van der Waals surface area contributed by atoms with Crippen molar-refractivity contribution in [3.05, 3.63) is 18.3 Å². The first-order valence-corrected chi connectivity index (χ1v) is 6.76. The van der Waals surface area contributed by atoms with E-state index in [1.807, 2.05) is 31.1 Å². The summed E-state index contributed by atoms with van der Waals surface area (Å²) < 4.78 is 0. The van der Waals surface area contributed by atoms with Crippen LogP contribution in [-0.2, 0) is 4.79 Å².